The highest BCUT2D eigenvalue weighted by Gasteiger charge is 2.53. The van der Waals surface area contributed by atoms with Crippen molar-refractivity contribution in [2.45, 2.75) is 46.0 Å². The molecule has 1 saturated carbocycles. The van der Waals surface area contributed by atoms with E-state index in [9.17, 15) is 4.79 Å². The first kappa shape index (κ1) is 14.9. The van der Waals surface area contributed by atoms with Gasteiger partial charge in [0, 0.05) is 22.8 Å². The maximum absolute atomic E-state index is 12.2. The van der Waals surface area contributed by atoms with Crippen LogP contribution in [0.4, 0.5) is 0 Å². The Morgan fingerprint density at radius 1 is 1.05 bits per heavy atom. The topological polar surface area (TPSA) is 35.5 Å². The van der Waals surface area contributed by atoms with Crippen molar-refractivity contribution in [3.05, 3.63) is 23.3 Å². The van der Waals surface area contributed by atoms with E-state index in [0.29, 0.717) is 12.2 Å². The number of ether oxygens (including phenoxy) is 2. The van der Waals surface area contributed by atoms with Crippen LogP contribution in [0.5, 0.6) is 11.5 Å². The maximum Gasteiger partial charge on any atom is 0.139 e. The molecule has 0 unspecified atom stereocenters. The second kappa shape index (κ2) is 4.80. The number of hydrogen-bond acceptors (Lipinski definition) is 3. The monoisotopic (exact) mass is 276 g/mol. The minimum Gasteiger partial charge on any atom is -0.496 e. The Kier molecular flexibility index (Phi) is 3.57. The van der Waals surface area contributed by atoms with Crippen molar-refractivity contribution in [2.75, 3.05) is 14.2 Å². The van der Waals surface area contributed by atoms with Crippen molar-refractivity contribution in [3.63, 3.8) is 0 Å². The molecular weight excluding hydrogens is 252 g/mol. The molecule has 0 saturated heterocycles. The van der Waals surface area contributed by atoms with Gasteiger partial charge in [-0.15, -0.1) is 0 Å². The average molecular weight is 276 g/mol. The second-order valence-corrected chi connectivity index (χ2v) is 6.40. The molecule has 0 bridgehead atoms. The molecule has 20 heavy (non-hydrogen) atoms. The summed E-state index contributed by atoms with van der Waals surface area (Å²) in [5, 5.41) is 0. The fourth-order valence-electron chi connectivity index (χ4n) is 3.25. The first-order chi connectivity index (χ1) is 9.27. The first-order valence-electron chi connectivity index (χ1n) is 7.04. The number of carbonyl (C=O) groups is 1. The van der Waals surface area contributed by atoms with Gasteiger partial charge in [-0.3, -0.25) is 4.79 Å². The normalized spacial score (nSPS) is 24.8. The Bertz CT molecular complexity index is 545. The fraction of sp³-hybridized carbons (Fsp3) is 0.588. The van der Waals surface area contributed by atoms with Crippen LogP contribution in [-0.4, -0.2) is 20.0 Å². The molecule has 1 aliphatic carbocycles. The molecule has 1 aliphatic rings. The van der Waals surface area contributed by atoms with Crippen molar-refractivity contribution in [1.29, 1.82) is 0 Å². The Morgan fingerprint density at radius 2 is 1.65 bits per heavy atom. The van der Waals surface area contributed by atoms with E-state index in [1.165, 1.54) is 0 Å². The molecule has 0 N–H and O–H groups in total. The molecule has 3 nitrogen and oxygen atoms in total. The van der Waals surface area contributed by atoms with Crippen molar-refractivity contribution in [1.82, 2.24) is 0 Å². The van der Waals surface area contributed by atoms with E-state index >= 15 is 0 Å². The third-order valence-corrected chi connectivity index (χ3v) is 5.24. The number of hydrogen-bond donors (Lipinski definition) is 0. The molecule has 1 atom stereocenters. The summed E-state index contributed by atoms with van der Waals surface area (Å²) in [5.74, 6) is 2.01. The van der Waals surface area contributed by atoms with E-state index in [1.54, 1.807) is 14.2 Å². The van der Waals surface area contributed by atoms with Gasteiger partial charge in [-0.2, -0.15) is 0 Å². The van der Waals surface area contributed by atoms with Crippen LogP contribution in [0.1, 0.15) is 44.7 Å². The van der Waals surface area contributed by atoms with Gasteiger partial charge in [0.05, 0.1) is 14.2 Å². The molecule has 0 heterocycles. The average Bonchev–Trinajstić information content (AvgIpc) is 2.62. The van der Waals surface area contributed by atoms with Gasteiger partial charge in [-0.05, 0) is 31.0 Å². The van der Waals surface area contributed by atoms with Crippen LogP contribution in [-0.2, 0) is 10.2 Å². The van der Waals surface area contributed by atoms with Crippen molar-refractivity contribution in [2.24, 2.45) is 5.41 Å². The van der Waals surface area contributed by atoms with Crippen LogP contribution in [0.15, 0.2) is 12.1 Å². The Balaban J connectivity index is 2.65. The summed E-state index contributed by atoms with van der Waals surface area (Å²) in [6.45, 7) is 8.23. The zero-order chi connectivity index (χ0) is 15.1. The maximum atomic E-state index is 12.2. The van der Waals surface area contributed by atoms with E-state index < -0.39 is 0 Å². The largest absolute Gasteiger partial charge is 0.496 e. The summed E-state index contributed by atoms with van der Waals surface area (Å²) in [4.78, 5) is 12.2. The standard InChI is InChI=1S/C17H24O3/c1-11-9-14(20-6)12(10-13(11)19-5)17(4)8-7-15(18)16(17,2)3/h9-10H,7-8H2,1-6H3/t17-/m0/s1. The Morgan fingerprint density at radius 3 is 2.10 bits per heavy atom. The lowest BCUT2D eigenvalue weighted by Crippen LogP contribution is -2.38. The molecule has 1 aromatic rings. The number of aryl methyl sites for hydroxylation is 1. The molecule has 110 valence electrons. The van der Waals surface area contributed by atoms with E-state index in [-0.39, 0.29) is 10.8 Å². The van der Waals surface area contributed by atoms with Crippen LogP contribution in [0.25, 0.3) is 0 Å². The fourth-order valence-corrected chi connectivity index (χ4v) is 3.25. The van der Waals surface area contributed by atoms with Crippen LogP contribution in [0.3, 0.4) is 0 Å². The Hall–Kier alpha value is -1.51. The van der Waals surface area contributed by atoms with Crippen LogP contribution >= 0.6 is 0 Å². The molecule has 0 spiro atoms. The van der Waals surface area contributed by atoms with Crippen LogP contribution < -0.4 is 9.47 Å². The number of ketones is 1. The zero-order valence-electron chi connectivity index (χ0n) is 13.3. The molecule has 2 rings (SSSR count). The van der Waals surface area contributed by atoms with Gasteiger partial charge in [-0.25, -0.2) is 0 Å². The smallest absolute Gasteiger partial charge is 0.139 e. The van der Waals surface area contributed by atoms with E-state index in [1.807, 2.05) is 32.9 Å². The predicted octanol–water partition coefficient (Wildman–Crippen LogP) is 3.66. The highest BCUT2D eigenvalue weighted by molar-refractivity contribution is 5.89. The minimum atomic E-state index is -0.388. The minimum absolute atomic E-state index is 0.226. The van der Waals surface area contributed by atoms with Crippen LogP contribution in [0.2, 0.25) is 0 Å². The number of carbonyl (C=O) groups excluding carboxylic acids is 1. The van der Waals surface area contributed by atoms with Crippen molar-refractivity contribution in [3.8, 4) is 11.5 Å². The van der Waals surface area contributed by atoms with Gasteiger partial charge in [0.2, 0.25) is 0 Å². The molecule has 3 heteroatoms. The molecule has 0 aromatic heterocycles. The van der Waals surface area contributed by atoms with Crippen molar-refractivity contribution < 1.29 is 14.3 Å². The molecule has 0 radical (unpaired) electrons. The number of rotatable bonds is 3. The van der Waals surface area contributed by atoms with Gasteiger partial charge in [0.1, 0.15) is 17.3 Å². The third-order valence-electron chi connectivity index (χ3n) is 5.24. The quantitative estimate of drug-likeness (QED) is 0.845. The molecule has 1 aromatic carbocycles. The summed E-state index contributed by atoms with van der Waals surface area (Å²) in [5.41, 5.74) is 1.49. The third kappa shape index (κ3) is 1.91. The summed E-state index contributed by atoms with van der Waals surface area (Å²) >= 11 is 0. The van der Waals surface area contributed by atoms with Gasteiger partial charge < -0.3 is 9.47 Å². The van der Waals surface area contributed by atoms with Gasteiger partial charge in [0.25, 0.3) is 0 Å². The summed E-state index contributed by atoms with van der Waals surface area (Å²) < 4.78 is 11.0. The molecule has 1 fully saturated rings. The van der Waals surface area contributed by atoms with E-state index in [2.05, 4.69) is 6.92 Å². The molecule has 0 aliphatic heterocycles. The molecule has 0 amide bonds. The first-order valence-corrected chi connectivity index (χ1v) is 7.04. The van der Waals surface area contributed by atoms with Gasteiger partial charge >= 0.3 is 0 Å². The van der Waals surface area contributed by atoms with Crippen molar-refractivity contribution >= 4 is 5.78 Å². The lowest BCUT2D eigenvalue weighted by Gasteiger charge is -2.38. The highest BCUT2D eigenvalue weighted by atomic mass is 16.5. The van der Waals surface area contributed by atoms with E-state index in [0.717, 1.165) is 29.0 Å². The van der Waals surface area contributed by atoms with Crippen LogP contribution in [0, 0.1) is 12.3 Å². The SMILES string of the molecule is COc1cc([C@]2(C)CCC(=O)C2(C)C)c(OC)cc1C. The second-order valence-electron chi connectivity index (χ2n) is 6.40. The summed E-state index contributed by atoms with van der Waals surface area (Å²) in [6, 6.07) is 4.03. The lowest BCUT2D eigenvalue weighted by molar-refractivity contribution is -0.125. The van der Waals surface area contributed by atoms with E-state index in [4.69, 9.17) is 9.47 Å². The number of Topliss-reactive ketones (excluding diaryl/α,β-unsaturated/α-hetero) is 1. The van der Waals surface area contributed by atoms with Gasteiger partial charge in [0.15, 0.2) is 0 Å². The summed E-state index contributed by atoms with van der Waals surface area (Å²) in [7, 11) is 3.35. The number of benzene rings is 1. The highest BCUT2D eigenvalue weighted by Crippen LogP contribution is 2.54. The van der Waals surface area contributed by atoms with Gasteiger partial charge in [-0.1, -0.05) is 20.8 Å². The zero-order valence-corrected chi connectivity index (χ0v) is 13.3. The number of methoxy groups -OCH3 is 2. The lowest BCUT2D eigenvalue weighted by atomic mass is 9.64. The summed E-state index contributed by atoms with van der Waals surface area (Å²) in [6.07, 6.45) is 1.48. The Labute approximate surface area is 121 Å². The molecular formula is C17H24O3. The predicted molar refractivity (Wildman–Crippen MR) is 79.7 cm³/mol.